The highest BCUT2D eigenvalue weighted by Gasteiger charge is 2.38. The maximum atomic E-state index is 12.6. The lowest BCUT2D eigenvalue weighted by molar-refractivity contribution is -0.00140. The predicted molar refractivity (Wildman–Crippen MR) is 76.7 cm³/mol. The number of nitrogens with one attached hydrogen (secondary N) is 1. The Balaban J connectivity index is 1.89. The molecule has 0 unspecified atom stereocenters. The molecule has 0 saturated carbocycles. The molecule has 1 fully saturated rings. The molecule has 124 valence electrons. The molecule has 3 atom stereocenters. The van der Waals surface area contributed by atoms with Gasteiger partial charge >= 0.3 is 0 Å². The van der Waals surface area contributed by atoms with Crippen LogP contribution in [0.25, 0.3) is 0 Å². The summed E-state index contributed by atoms with van der Waals surface area (Å²) in [5.74, 6) is -0.184. The highest BCUT2D eigenvalue weighted by Crippen LogP contribution is 2.38. The van der Waals surface area contributed by atoms with Crippen molar-refractivity contribution in [3.05, 3.63) is 39.4 Å². The summed E-state index contributed by atoms with van der Waals surface area (Å²) < 4.78 is 19.8. The van der Waals surface area contributed by atoms with E-state index in [4.69, 9.17) is 4.74 Å². The Bertz CT molecular complexity index is 759. The topological polar surface area (TPSA) is 113 Å². The molecular weight excluding hydrogens is 306 g/mol. The summed E-state index contributed by atoms with van der Waals surface area (Å²) in [6.45, 7) is 0.675. The van der Waals surface area contributed by atoms with Gasteiger partial charge in [-0.3, -0.25) is 9.78 Å². The number of aromatic hydroxyl groups is 1. The Morgan fingerprint density at radius 3 is 3.00 bits per heavy atom. The number of aromatic amines is 1. The Labute approximate surface area is 130 Å². The average Bonchev–Trinajstić information content (AvgIpc) is 3.16. The van der Waals surface area contributed by atoms with E-state index in [0.29, 0.717) is 17.5 Å². The van der Waals surface area contributed by atoms with E-state index in [1.807, 2.05) is 0 Å². The molecule has 0 radical (unpaired) electrons. The van der Waals surface area contributed by atoms with Crippen molar-refractivity contribution in [3.8, 4) is 5.88 Å². The Morgan fingerprint density at radius 1 is 1.57 bits per heavy atom. The van der Waals surface area contributed by atoms with Crippen molar-refractivity contribution in [1.29, 1.82) is 0 Å². The molecule has 0 amide bonds. The van der Waals surface area contributed by atoms with Crippen LogP contribution in [0.5, 0.6) is 5.88 Å². The number of hydrogen-bond donors (Lipinski definition) is 3. The smallest absolute Gasteiger partial charge is 0.256 e. The van der Waals surface area contributed by atoms with Crippen LogP contribution in [-0.2, 0) is 11.4 Å². The van der Waals surface area contributed by atoms with Crippen LogP contribution in [0.2, 0.25) is 0 Å². The molecular formula is C14H17FN4O4. The Hall–Kier alpha value is -2.26. The van der Waals surface area contributed by atoms with E-state index in [-0.39, 0.29) is 24.2 Å². The van der Waals surface area contributed by atoms with Crippen LogP contribution >= 0.6 is 0 Å². The van der Waals surface area contributed by atoms with Gasteiger partial charge in [0, 0.05) is 17.5 Å². The van der Waals surface area contributed by atoms with E-state index in [1.165, 1.54) is 10.9 Å². The van der Waals surface area contributed by atoms with Crippen LogP contribution < -0.4 is 5.56 Å². The minimum Gasteiger partial charge on any atom is -0.494 e. The average molecular weight is 323 g/mol. The van der Waals surface area contributed by atoms with Crippen LogP contribution in [0.3, 0.4) is 0 Å². The van der Waals surface area contributed by atoms with Gasteiger partial charge in [0.15, 0.2) is 5.88 Å². The lowest BCUT2D eigenvalue weighted by Crippen LogP contribution is -2.24. The van der Waals surface area contributed by atoms with E-state index in [9.17, 15) is 19.4 Å². The number of ether oxygens (including phenoxy) is 1. The van der Waals surface area contributed by atoms with E-state index in [2.05, 4.69) is 15.3 Å². The SMILES string of the molecule is Cc1cc([C@H]2C[C@H](n3cc(C[18F])nn3)[C@@H](CO)O2)c(=O)[nH]c1O. The van der Waals surface area contributed by atoms with Gasteiger partial charge in [-0.05, 0) is 13.0 Å². The molecule has 3 N–H and O–H groups in total. The van der Waals surface area contributed by atoms with Gasteiger partial charge in [-0.2, -0.15) is 0 Å². The standard InChI is InChI=1S/C14H17FN4O4/c1-7-2-9(14(22)16-13(7)21)11-3-10(12(6-20)23-11)19-5-8(4-15)17-18-19/h2,5,10-12,20H,3-4,6H2,1H3,(H2,16,21,22)/t10-,11+,12+/m0/s1/i15-1. The molecule has 0 aromatic carbocycles. The number of H-pyrrole nitrogens is 1. The summed E-state index contributed by atoms with van der Waals surface area (Å²) in [5, 5.41) is 26.6. The molecule has 23 heavy (non-hydrogen) atoms. The maximum Gasteiger partial charge on any atom is 0.256 e. The molecule has 1 aliphatic rings. The lowest BCUT2D eigenvalue weighted by atomic mass is 10.0. The quantitative estimate of drug-likeness (QED) is 0.756. The zero-order chi connectivity index (χ0) is 16.6. The van der Waals surface area contributed by atoms with Crippen molar-refractivity contribution in [2.75, 3.05) is 6.61 Å². The van der Waals surface area contributed by atoms with Crippen molar-refractivity contribution >= 4 is 0 Å². The number of nitrogens with zero attached hydrogens (tertiary/aromatic N) is 3. The van der Waals surface area contributed by atoms with Crippen LogP contribution in [0.4, 0.5) is 4.39 Å². The van der Waals surface area contributed by atoms with Crippen LogP contribution in [-0.4, -0.2) is 42.9 Å². The molecule has 0 bridgehead atoms. The molecule has 2 aromatic heterocycles. The van der Waals surface area contributed by atoms with E-state index < -0.39 is 24.4 Å². The second-order valence-corrected chi connectivity index (χ2v) is 5.56. The van der Waals surface area contributed by atoms with Crippen molar-refractivity contribution in [3.63, 3.8) is 0 Å². The fraction of sp³-hybridized carbons (Fsp3) is 0.500. The van der Waals surface area contributed by atoms with Crippen LogP contribution in [0.15, 0.2) is 17.1 Å². The molecule has 8 nitrogen and oxygen atoms in total. The van der Waals surface area contributed by atoms with Gasteiger partial charge in [-0.25, -0.2) is 9.07 Å². The molecule has 3 heterocycles. The molecule has 1 aliphatic heterocycles. The fourth-order valence-electron chi connectivity index (χ4n) is 2.79. The summed E-state index contributed by atoms with van der Waals surface area (Å²) in [6, 6.07) is 1.20. The van der Waals surface area contributed by atoms with Crippen molar-refractivity contribution in [2.45, 2.75) is 38.3 Å². The number of rotatable bonds is 4. The van der Waals surface area contributed by atoms with Gasteiger partial charge in [0.25, 0.3) is 5.56 Å². The Morgan fingerprint density at radius 2 is 2.35 bits per heavy atom. The highest BCUT2D eigenvalue weighted by atomic mass is 18.2. The second-order valence-electron chi connectivity index (χ2n) is 5.56. The van der Waals surface area contributed by atoms with Gasteiger partial charge in [0.05, 0.1) is 24.9 Å². The third-order valence-corrected chi connectivity index (χ3v) is 4.02. The number of aryl methyl sites for hydroxylation is 1. The zero-order valence-electron chi connectivity index (χ0n) is 12.4. The summed E-state index contributed by atoms with van der Waals surface area (Å²) in [4.78, 5) is 14.4. The highest BCUT2D eigenvalue weighted by molar-refractivity contribution is 5.29. The van der Waals surface area contributed by atoms with Crippen molar-refractivity contribution in [2.24, 2.45) is 0 Å². The lowest BCUT2D eigenvalue weighted by Gasteiger charge is -2.15. The van der Waals surface area contributed by atoms with E-state index in [0.717, 1.165) is 0 Å². The van der Waals surface area contributed by atoms with Gasteiger partial charge < -0.3 is 14.9 Å². The molecule has 0 spiro atoms. The molecule has 9 heteroatoms. The monoisotopic (exact) mass is 323 g/mol. The summed E-state index contributed by atoms with van der Waals surface area (Å²) >= 11 is 0. The first-order valence-corrected chi connectivity index (χ1v) is 7.19. The molecule has 3 rings (SSSR count). The number of aliphatic hydroxyl groups excluding tert-OH is 1. The predicted octanol–water partition coefficient (Wildman–Crippen LogP) is 0.514. The van der Waals surface area contributed by atoms with Gasteiger partial charge in [0.2, 0.25) is 0 Å². The van der Waals surface area contributed by atoms with Gasteiger partial charge in [0.1, 0.15) is 18.5 Å². The summed E-state index contributed by atoms with van der Waals surface area (Å²) in [5.41, 5.74) is 0.640. The Kier molecular flexibility index (Phi) is 4.14. The molecule has 1 saturated heterocycles. The third kappa shape index (κ3) is 2.84. The molecule has 0 aliphatic carbocycles. The minimum atomic E-state index is -0.725. The third-order valence-electron chi connectivity index (χ3n) is 4.02. The summed E-state index contributed by atoms with van der Waals surface area (Å²) in [6.07, 6.45) is 0.708. The first-order valence-electron chi connectivity index (χ1n) is 7.19. The number of hydrogen-bond acceptors (Lipinski definition) is 6. The normalized spacial score (nSPS) is 24.2. The number of halogens is 1. The number of alkyl halides is 1. The first kappa shape index (κ1) is 15.6. The van der Waals surface area contributed by atoms with Crippen LogP contribution in [0.1, 0.15) is 35.4 Å². The van der Waals surface area contributed by atoms with Gasteiger partial charge in [-0.15, -0.1) is 5.10 Å². The van der Waals surface area contributed by atoms with Crippen molar-refractivity contribution in [1.82, 2.24) is 20.0 Å². The second kappa shape index (κ2) is 6.09. The largest absolute Gasteiger partial charge is 0.494 e. The van der Waals surface area contributed by atoms with E-state index in [1.54, 1.807) is 13.0 Å². The minimum absolute atomic E-state index is 0.184. The van der Waals surface area contributed by atoms with Crippen molar-refractivity contribution < 1.29 is 19.3 Å². The van der Waals surface area contributed by atoms with Gasteiger partial charge in [-0.1, -0.05) is 5.21 Å². The zero-order valence-corrected chi connectivity index (χ0v) is 12.4. The maximum absolute atomic E-state index is 12.6. The molecule has 2 aromatic rings. The first-order chi connectivity index (χ1) is 11.0. The number of aliphatic hydroxyl groups is 1. The fourth-order valence-corrected chi connectivity index (χ4v) is 2.79. The summed E-state index contributed by atoms with van der Waals surface area (Å²) in [7, 11) is 0. The number of pyridine rings is 1. The van der Waals surface area contributed by atoms with Crippen LogP contribution in [0, 0.1) is 6.92 Å². The number of aromatic nitrogens is 4. The van der Waals surface area contributed by atoms with E-state index >= 15 is 0 Å².